The van der Waals surface area contributed by atoms with Crippen LogP contribution in [0.5, 0.6) is 0 Å². The summed E-state index contributed by atoms with van der Waals surface area (Å²) in [4.78, 5) is 21.2. The highest BCUT2D eigenvalue weighted by molar-refractivity contribution is 5.89. The van der Waals surface area contributed by atoms with Crippen molar-refractivity contribution in [3.05, 3.63) is 47.8 Å². The van der Waals surface area contributed by atoms with E-state index in [0.29, 0.717) is 12.6 Å². The molecule has 4 atom stereocenters. The van der Waals surface area contributed by atoms with Gasteiger partial charge in [-0.1, -0.05) is 26.8 Å². The zero-order chi connectivity index (χ0) is 23.8. The maximum Gasteiger partial charge on any atom is 0.416 e. The van der Waals surface area contributed by atoms with E-state index in [2.05, 4.69) is 46.7 Å². The summed E-state index contributed by atoms with van der Waals surface area (Å²) >= 11 is 0. The number of nitrogens with one attached hydrogen (secondary N) is 3. The van der Waals surface area contributed by atoms with Crippen molar-refractivity contribution < 1.29 is 27.4 Å². The van der Waals surface area contributed by atoms with Crippen LogP contribution in [0.1, 0.15) is 32.0 Å². The largest absolute Gasteiger partial charge is 0.416 e. The molecule has 2 aliphatic heterocycles. The van der Waals surface area contributed by atoms with Crippen molar-refractivity contribution in [3.8, 4) is 0 Å². The molecule has 0 bridgehead atoms. The number of hydrogen-bond acceptors (Lipinski definition) is 6. The lowest BCUT2D eigenvalue weighted by Crippen LogP contribution is -2.46. The predicted octanol–water partition coefficient (Wildman–Crippen LogP) is 3.56. The van der Waals surface area contributed by atoms with Gasteiger partial charge in [0.15, 0.2) is 0 Å². The van der Waals surface area contributed by atoms with E-state index in [1.807, 2.05) is 6.07 Å². The fraction of sp³-hybridized carbons (Fsp3) is 0.500. The van der Waals surface area contributed by atoms with Crippen molar-refractivity contribution >= 4 is 17.7 Å². The fourth-order valence-corrected chi connectivity index (χ4v) is 3.87. The molecule has 0 aliphatic carbocycles. The van der Waals surface area contributed by atoms with Crippen molar-refractivity contribution in [1.82, 2.24) is 15.3 Å². The maximum atomic E-state index is 12.9. The second-order valence-corrected chi connectivity index (χ2v) is 9.15. The zero-order valence-corrected chi connectivity index (χ0v) is 18.4. The number of halogens is 3. The molecule has 33 heavy (non-hydrogen) atoms. The van der Waals surface area contributed by atoms with Gasteiger partial charge in [0.25, 0.3) is 0 Å². The SMILES string of the molecule is CC(C)(C)c1ccnc(N[C@@H]2CO[C@@H]3[C@@H]2OC[C@@H]3NC(=O)Nc2cccc(C(F)(F)F)c2)n1. The Balaban J connectivity index is 1.35. The monoisotopic (exact) mass is 465 g/mol. The van der Waals surface area contributed by atoms with E-state index in [1.54, 1.807) is 6.20 Å². The van der Waals surface area contributed by atoms with Gasteiger partial charge in [0.1, 0.15) is 12.2 Å². The van der Waals surface area contributed by atoms with E-state index in [0.717, 1.165) is 17.8 Å². The quantitative estimate of drug-likeness (QED) is 0.639. The minimum atomic E-state index is -4.49. The lowest BCUT2D eigenvalue weighted by atomic mass is 9.92. The number of hydrogen-bond donors (Lipinski definition) is 3. The van der Waals surface area contributed by atoms with Gasteiger partial charge in [-0.05, 0) is 24.3 Å². The van der Waals surface area contributed by atoms with Crippen LogP contribution in [0, 0.1) is 0 Å². The Bertz CT molecular complexity index is 1010. The Labute approximate surface area is 189 Å². The third kappa shape index (κ3) is 5.36. The molecular formula is C22H26F3N5O3. The molecule has 1 aromatic heterocycles. The molecule has 2 aromatic rings. The van der Waals surface area contributed by atoms with Gasteiger partial charge in [-0.15, -0.1) is 0 Å². The Hall–Kier alpha value is -2.92. The van der Waals surface area contributed by atoms with E-state index in [1.165, 1.54) is 12.1 Å². The third-order valence-corrected chi connectivity index (χ3v) is 5.56. The number of ether oxygens (including phenoxy) is 2. The first-order valence-corrected chi connectivity index (χ1v) is 10.6. The number of nitrogens with zero attached hydrogens (tertiary/aromatic N) is 2. The van der Waals surface area contributed by atoms with Crippen LogP contribution in [-0.4, -0.2) is 53.5 Å². The minimum absolute atomic E-state index is 0.0422. The normalized spacial score (nSPS) is 24.9. The van der Waals surface area contributed by atoms with Crippen LogP contribution in [0.15, 0.2) is 36.5 Å². The number of urea groups is 1. The molecule has 0 unspecified atom stereocenters. The van der Waals surface area contributed by atoms with E-state index < -0.39 is 29.9 Å². The average Bonchev–Trinajstić information content (AvgIpc) is 3.31. The van der Waals surface area contributed by atoms with E-state index in [-0.39, 0.29) is 29.9 Å². The number of carbonyl (C=O) groups excluding carboxylic acids is 1. The molecule has 0 spiro atoms. The molecule has 0 saturated carbocycles. The van der Waals surface area contributed by atoms with Crippen LogP contribution in [0.3, 0.4) is 0 Å². The summed E-state index contributed by atoms with van der Waals surface area (Å²) < 4.78 is 50.3. The molecule has 3 N–H and O–H groups in total. The van der Waals surface area contributed by atoms with E-state index in [9.17, 15) is 18.0 Å². The minimum Gasteiger partial charge on any atom is -0.371 e. The first-order chi connectivity index (χ1) is 15.5. The molecule has 11 heteroatoms. The van der Waals surface area contributed by atoms with Gasteiger partial charge >= 0.3 is 12.2 Å². The number of rotatable bonds is 4. The second-order valence-electron chi connectivity index (χ2n) is 9.15. The van der Waals surface area contributed by atoms with Crippen LogP contribution in [0.2, 0.25) is 0 Å². The standard InChI is InChI=1S/C22H26F3N5O3/c1-21(2,3)16-7-8-26-19(30-16)28-14-10-32-18-15(11-33-17(14)18)29-20(31)27-13-6-4-5-12(9-13)22(23,24)25/h4-9,14-15,17-18H,10-11H2,1-3H3,(H,26,28,30)(H2,27,29,31)/t14-,15+,17-,18+/m1/s1. The Morgan fingerprint density at radius 2 is 1.76 bits per heavy atom. The van der Waals surface area contributed by atoms with Gasteiger partial charge in [-0.2, -0.15) is 13.2 Å². The molecule has 4 rings (SSSR count). The summed E-state index contributed by atoms with van der Waals surface area (Å²) in [5.41, 5.74) is -0.0237. The number of fused-ring (bicyclic) bond motifs is 1. The van der Waals surface area contributed by atoms with Crippen LogP contribution in [0.25, 0.3) is 0 Å². The number of amides is 2. The number of alkyl halides is 3. The first kappa shape index (κ1) is 23.2. The highest BCUT2D eigenvalue weighted by atomic mass is 19.4. The summed E-state index contributed by atoms with van der Waals surface area (Å²) in [6, 6.07) is 5.03. The van der Waals surface area contributed by atoms with Crippen LogP contribution < -0.4 is 16.0 Å². The van der Waals surface area contributed by atoms with Gasteiger partial charge in [-0.25, -0.2) is 14.8 Å². The lowest BCUT2D eigenvalue weighted by Gasteiger charge is -2.21. The maximum absolute atomic E-state index is 12.9. The molecule has 2 fully saturated rings. The highest BCUT2D eigenvalue weighted by Crippen LogP contribution is 2.31. The number of anilines is 2. The molecule has 178 valence electrons. The molecule has 0 radical (unpaired) electrons. The van der Waals surface area contributed by atoms with Crippen molar-refractivity contribution in [2.45, 2.75) is 56.7 Å². The summed E-state index contributed by atoms with van der Waals surface area (Å²) in [5, 5.41) is 8.42. The Morgan fingerprint density at radius 3 is 2.45 bits per heavy atom. The smallest absolute Gasteiger partial charge is 0.371 e. The van der Waals surface area contributed by atoms with Gasteiger partial charge in [0.2, 0.25) is 5.95 Å². The lowest BCUT2D eigenvalue weighted by molar-refractivity contribution is -0.137. The molecule has 2 amide bonds. The van der Waals surface area contributed by atoms with Crippen molar-refractivity contribution in [3.63, 3.8) is 0 Å². The molecule has 2 aliphatic rings. The van der Waals surface area contributed by atoms with Crippen molar-refractivity contribution in [1.29, 1.82) is 0 Å². The molecule has 3 heterocycles. The van der Waals surface area contributed by atoms with Gasteiger partial charge in [0, 0.05) is 17.3 Å². The van der Waals surface area contributed by atoms with E-state index >= 15 is 0 Å². The predicted molar refractivity (Wildman–Crippen MR) is 115 cm³/mol. The number of carbonyl (C=O) groups is 1. The van der Waals surface area contributed by atoms with Crippen LogP contribution >= 0.6 is 0 Å². The molecular weight excluding hydrogens is 439 g/mol. The van der Waals surface area contributed by atoms with E-state index in [4.69, 9.17) is 9.47 Å². The molecule has 2 saturated heterocycles. The summed E-state index contributed by atoms with van der Waals surface area (Å²) in [6.45, 7) is 6.75. The second kappa shape index (κ2) is 8.79. The fourth-order valence-electron chi connectivity index (χ4n) is 3.87. The summed E-state index contributed by atoms with van der Waals surface area (Å²) in [6.07, 6.45) is -3.52. The highest BCUT2D eigenvalue weighted by Gasteiger charge is 2.48. The first-order valence-electron chi connectivity index (χ1n) is 10.6. The summed E-state index contributed by atoms with van der Waals surface area (Å²) in [7, 11) is 0. The topological polar surface area (TPSA) is 97.4 Å². The molecule has 1 aromatic carbocycles. The average molecular weight is 465 g/mol. The number of benzene rings is 1. The summed E-state index contributed by atoms with van der Waals surface area (Å²) in [5.74, 6) is 0.471. The van der Waals surface area contributed by atoms with Gasteiger partial charge in [-0.3, -0.25) is 0 Å². The molecule has 8 nitrogen and oxygen atoms in total. The van der Waals surface area contributed by atoms with Gasteiger partial charge in [0.05, 0.1) is 36.6 Å². The van der Waals surface area contributed by atoms with Crippen molar-refractivity contribution in [2.75, 3.05) is 23.8 Å². The van der Waals surface area contributed by atoms with Gasteiger partial charge < -0.3 is 25.4 Å². The van der Waals surface area contributed by atoms with Crippen molar-refractivity contribution in [2.24, 2.45) is 0 Å². The third-order valence-electron chi connectivity index (χ3n) is 5.56. The van der Waals surface area contributed by atoms with Crippen LogP contribution in [0.4, 0.5) is 29.6 Å². The van der Waals surface area contributed by atoms with Crippen LogP contribution in [-0.2, 0) is 21.1 Å². The zero-order valence-electron chi connectivity index (χ0n) is 18.4. The Morgan fingerprint density at radius 1 is 1.06 bits per heavy atom. The Kier molecular flexibility index (Phi) is 6.19. The number of aromatic nitrogens is 2.